The average molecular weight is 282 g/mol. The molecular formula is C13H13ClFN3O. The second-order valence-corrected chi connectivity index (χ2v) is 4.35. The van der Waals surface area contributed by atoms with Crippen molar-refractivity contribution in [2.24, 2.45) is 0 Å². The zero-order valence-corrected chi connectivity index (χ0v) is 11.3. The monoisotopic (exact) mass is 281 g/mol. The molecule has 19 heavy (non-hydrogen) atoms. The molecule has 0 amide bonds. The van der Waals surface area contributed by atoms with Crippen molar-refractivity contribution >= 4 is 11.6 Å². The molecule has 1 aromatic carbocycles. The van der Waals surface area contributed by atoms with E-state index in [0.29, 0.717) is 6.54 Å². The predicted octanol–water partition coefficient (Wildman–Crippen LogP) is 3.09. The van der Waals surface area contributed by atoms with Crippen LogP contribution in [0.1, 0.15) is 11.3 Å². The van der Waals surface area contributed by atoms with Gasteiger partial charge >= 0.3 is 6.01 Å². The first kappa shape index (κ1) is 13.7. The maximum atomic E-state index is 13.7. The number of hydrogen-bond donors (Lipinski definition) is 1. The molecule has 0 aliphatic carbocycles. The van der Waals surface area contributed by atoms with E-state index in [1.54, 1.807) is 12.3 Å². The highest BCUT2D eigenvalue weighted by atomic mass is 35.5. The van der Waals surface area contributed by atoms with E-state index in [4.69, 9.17) is 16.3 Å². The summed E-state index contributed by atoms with van der Waals surface area (Å²) in [5.41, 5.74) is 1.74. The molecule has 1 N–H and O–H groups in total. The van der Waals surface area contributed by atoms with Crippen molar-refractivity contribution in [3.8, 4) is 11.8 Å². The van der Waals surface area contributed by atoms with Gasteiger partial charge in [-0.2, -0.15) is 4.98 Å². The SMILES string of the molecule is CNCc1cnc(Oc2cccc(Cl)c2F)nc1C. The third-order valence-electron chi connectivity index (χ3n) is 2.54. The molecule has 1 aromatic heterocycles. The van der Waals surface area contributed by atoms with Crippen LogP contribution < -0.4 is 10.1 Å². The Hall–Kier alpha value is -1.72. The minimum absolute atomic E-state index is 0.000949. The zero-order chi connectivity index (χ0) is 13.8. The number of halogens is 2. The highest BCUT2D eigenvalue weighted by molar-refractivity contribution is 6.30. The van der Waals surface area contributed by atoms with Crippen molar-refractivity contribution in [3.63, 3.8) is 0 Å². The van der Waals surface area contributed by atoms with Gasteiger partial charge < -0.3 is 10.1 Å². The minimum Gasteiger partial charge on any atom is -0.421 e. The quantitative estimate of drug-likeness (QED) is 0.935. The van der Waals surface area contributed by atoms with Gasteiger partial charge in [-0.15, -0.1) is 0 Å². The summed E-state index contributed by atoms with van der Waals surface area (Å²) in [6, 6.07) is 4.62. The molecule has 1 heterocycles. The molecule has 6 heteroatoms. The van der Waals surface area contributed by atoms with Crippen LogP contribution in [0.4, 0.5) is 4.39 Å². The van der Waals surface area contributed by atoms with E-state index >= 15 is 0 Å². The lowest BCUT2D eigenvalue weighted by Crippen LogP contribution is -2.08. The number of hydrogen-bond acceptors (Lipinski definition) is 4. The largest absolute Gasteiger partial charge is 0.421 e. The third-order valence-corrected chi connectivity index (χ3v) is 2.84. The summed E-state index contributed by atoms with van der Waals surface area (Å²) in [5, 5.41) is 3.01. The normalized spacial score (nSPS) is 10.5. The molecule has 0 saturated carbocycles. The summed E-state index contributed by atoms with van der Waals surface area (Å²) < 4.78 is 19.0. The van der Waals surface area contributed by atoms with Gasteiger partial charge in [-0.3, -0.25) is 0 Å². The lowest BCUT2D eigenvalue weighted by Gasteiger charge is -2.08. The molecule has 0 atom stereocenters. The highest BCUT2D eigenvalue weighted by Gasteiger charge is 2.10. The van der Waals surface area contributed by atoms with Crippen molar-refractivity contribution in [3.05, 3.63) is 46.5 Å². The first-order valence-electron chi connectivity index (χ1n) is 5.71. The Balaban J connectivity index is 2.24. The van der Waals surface area contributed by atoms with Gasteiger partial charge in [0.05, 0.1) is 5.02 Å². The molecule has 2 aromatic rings. The van der Waals surface area contributed by atoms with Crippen LogP contribution in [-0.4, -0.2) is 17.0 Å². The molecular weight excluding hydrogens is 269 g/mol. The van der Waals surface area contributed by atoms with E-state index in [1.807, 2.05) is 14.0 Å². The van der Waals surface area contributed by atoms with Crippen LogP contribution in [-0.2, 0) is 6.54 Å². The third kappa shape index (κ3) is 3.19. The second-order valence-electron chi connectivity index (χ2n) is 3.95. The summed E-state index contributed by atoms with van der Waals surface area (Å²) in [6.45, 7) is 2.51. The van der Waals surface area contributed by atoms with Crippen molar-refractivity contribution in [1.29, 1.82) is 0 Å². The van der Waals surface area contributed by atoms with Crippen LogP contribution in [0.15, 0.2) is 24.4 Å². The second kappa shape index (κ2) is 5.95. The molecule has 0 aliphatic heterocycles. The fourth-order valence-corrected chi connectivity index (χ4v) is 1.71. The number of aromatic nitrogens is 2. The first-order chi connectivity index (χ1) is 9.11. The topological polar surface area (TPSA) is 47.0 Å². The molecule has 0 fully saturated rings. The Morgan fingerprint density at radius 3 is 2.89 bits per heavy atom. The Bertz CT molecular complexity index is 592. The van der Waals surface area contributed by atoms with Crippen LogP contribution in [0.25, 0.3) is 0 Å². The number of rotatable bonds is 4. The Kier molecular flexibility index (Phi) is 4.29. The number of benzene rings is 1. The van der Waals surface area contributed by atoms with Crippen LogP contribution in [0.2, 0.25) is 5.02 Å². The molecule has 100 valence electrons. The maximum absolute atomic E-state index is 13.7. The predicted molar refractivity (Wildman–Crippen MR) is 71.0 cm³/mol. The van der Waals surface area contributed by atoms with E-state index in [-0.39, 0.29) is 16.8 Å². The van der Waals surface area contributed by atoms with Crippen LogP contribution in [0.5, 0.6) is 11.8 Å². The van der Waals surface area contributed by atoms with Crippen molar-refractivity contribution in [2.45, 2.75) is 13.5 Å². The molecule has 0 unspecified atom stereocenters. The highest BCUT2D eigenvalue weighted by Crippen LogP contribution is 2.27. The average Bonchev–Trinajstić information content (AvgIpc) is 2.38. The molecule has 0 radical (unpaired) electrons. The van der Waals surface area contributed by atoms with Gasteiger partial charge in [-0.25, -0.2) is 9.37 Å². The minimum atomic E-state index is -0.621. The number of nitrogens with zero attached hydrogens (tertiary/aromatic N) is 2. The van der Waals surface area contributed by atoms with Gasteiger partial charge in [0.25, 0.3) is 0 Å². The van der Waals surface area contributed by atoms with Crippen LogP contribution in [0.3, 0.4) is 0 Å². The van der Waals surface area contributed by atoms with Gasteiger partial charge in [0.15, 0.2) is 11.6 Å². The first-order valence-corrected chi connectivity index (χ1v) is 6.08. The number of ether oxygens (including phenoxy) is 1. The van der Waals surface area contributed by atoms with Crippen LogP contribution >= 0.6 is 11.6 Å². The van der Waals surface area contributed by atoms with E-state index < -0.39 is 5.82 Å². The smallest absolute Gasteiger partial charge is 0.322 e. The van der Waals surface area contributed by atoms with Crippen molar-refractivity contribution in [1.82, 2.24) is 15.3 Å². The van der Waals surface area contributed by atoms with Crippen molar-refractivity contribution < 1.29 is 9.13 Å². The molecule has 2 rings (SSSR count). The van der Waals surface area contributed by atoms with Gasteiger partial charge in [0, 0.05) is 24.0 Å². The summed E-state index contributed by atoms with van der Waals surface area (Å²) in [6.07, 6.45) is 1.65. The molecule has 0 aliphatic rings. The molecule has 4 nitrogen and oxygen atoms in total. The fraction of sp³-hybridized carbons (Fsp3) is 0.231. The maximum Gasteiger partial charge on any atom is 0.322 e. The molecule has 0 bridgehead atoms. The number of aryl methyl sites for hydroxylation is 1. The van der Waals surface area contributed by atoms with Crippen LogP contribution in [0, 0.1) is 12.7 Å². The van der Waals surface area contributed by atoms with Gasteiger partial charge in [-0.05, 0) is 26.1 Å². The summed E-state index contributed by atoms with van der Waals surface area (Å²) in [7, 11) is 1.84. The lowest BCUT2D eigenvalue weighted by atomic mass is 10.2. The Morgan fingerprint density at radius 1 is 1.42 bits per heavy atom. The standard InChI is InChI=1S/C13H13ClFN3O/c1-8-9(6-16-2)7-17-13(18-8)19-11-5-3-4-10(14)12(11)15/h3-5,7,16H,6H2,1-2H3. The van der Waals surface area contributed by atoms with Gasteiger partial charge in [0.2, 0.25) is 0 Å². The van der Waals surface area contributed by atoms with E-state index in [9.17, 15) is 4.39 Å². The molecule has 0 spiro atoms. The number of nitrogens with one attached hydrogen (secondary N) is 1. The van der Waals surface area contributed by atoms with E-state index in [0.717, 1.165) is 11.3 Å². The summed E-state index contributed by atoms with van der Waals surface area (Å²) >= 11 is 5.67. The Morgan fingerprint density at radius 2 is 2.21 bits per heavy atom. The zero-order valence-electron chi connectivity index (χ0n) is 10.6. The van der Waals surface area contributed by atoms with Gasteiger partial charge in [0.1, 0.15) is 0 Å². The Labute approximate surface area is 115 Å². The van der Waals surface area contributed by atoms with Crippen molar-refractivity contribution in [2.75, 3.05) is 7.05 Å². The fourth-order valence-electron chi connectivity index (χ4n) is 1.55. The lowest BCUT2D eigenvalue weighted by molar-refractivity contribution is 0.409. The van der Waals surface area contributed by atoms with E-state index in [2.05, 4.69) is 15.3 Å². The van der Waals surface area contributed by atoms with Gasteiger partial charge in [-0.1, -0.05) is 17.7 Å². The van der Waals surface area contributed by atoms with E-state index in [1.165, 1.54) is 12.1 Å². The summed E-state index contributed by atoms with van der Waals surface area (Å²) in [4.78, 5) is 8.22. The summed E-state index contributed by atoms with van der Waals surface area (Å²) in [5.74, 6) is -0.613. The molecule has 0 saturated heterocycles.